The van der Waals surface area contributed by atoms with E-state index in [9.17, 15) is 36.6 Å². The first-order valence-electron chi connectivity index (χ1n) is 7.83. The maximum Gasteiger partial charge on any atom is 0.424 e. The normalized spacial score (nSPS) is 22.0. The zero-order valence-corrected chi connectivity index (χ0v) is 14.4. The number of alkyl halides is 6. The Hall–Kier alpha value is -2.08. The van der Waals surface area contributed by atoms with Crippen LogP contribution in [0.2, 0.25) is 0 Å². The van der Waals surface area contributed by atoms with Crippen molar-refractivity contribution in [2.24, 2.45) is 0 Å². The number of hydrogen-bond acceptors (Lipinski definition) is 4. The second kappa shape index (κ2) is 5.47. The molecule has 0 radical (unpaired) electrons. The molecule has 3 rings (SSSR count). The minimum absolute atomic E-state index is 0.0596. The maximum atomic E-state index is 13.2. The van der Waals surface area contributed by atoms with Gasteiger partial charge in [0.2, 0.25) is 11.2 Å². The van der Waals surface area contributed by atoms with Gasteiger partial charge < -0.3 is 14.8 Å². The van der Waals surface area contributed by atoms with Crippen molar-refractivity contribution in [2.75, 3.05) is 0 Å². The first-order chi connectivity index (χ1) is 12.1. The van der Waals surface area contributed by atoms with Gasteiger partial charge in [0.1, 0.15) is 5.69 Å². The number of halogens is 6. The molecule has 27 heavy (non-hydrogen) atoms. The highest BCUT2D eigenvalue weighted by molar-refractivity contribution is 5.58. The van der Waals surface area contributed by atoms with Crippen molar-refractivity contribution in [1.29, 1.82) is 0 Å². The van der Waals surface area contributed by atoms with Gasteiger partial charge >= 0.3 is 12.4 Å². The number of nitrogens with zero attached hydrogens (tertiary/aromatic N) is 4. The number of imidazole rings is 1. The standard InChI is InChI=1S/C15H16F6N4O2/c1-7-6-24-8(4-10(23-24)12(2,26)14(16,17)18)9-5-22-11(25(7)9)13(3,27)15(19,20)21/h4-5,7,26-27H,6H2,1-3H3/t7-,12+,13+/m0/s1. The van der Waals surface area contributed by atoms with Crippen LogP contribution < -0.4 is 0 Å². The summed E-state index contributed by atoms with van der Waals surface area (Å²) in [7, 11) is 0. The Balaban J connectivity index is 2.16. The third kappa shape index (κ3) is 2.73. The highest BCUT2D eigenvalue weighted by Gasteiger charge is 2.56. The minimum Gasteiger partial charge on any atom is -0.375 e. The second-order valence-corrected chi connectivity index (χ2v) is 6.92. The summed E-state index contributed by atoms with van der Waals surface area (Å²) in [6.07, 6.45) is -8.96. The van der Waals surface area contributed by atoms with Gasteiger partial charge in [-0.05, 0) is 26.8 Å². The summed E-state index contributed by atoms with van der Waals surface area (Å²) in [5.74, 6) is -0.672. The van der Waals surface area contributed by atoms with Crippen LogP contribution in [0.1, 0.15) is 38.3 Å². The van der Waals surface area contributed by atoms with Crippen molar-refractivity contribution in [1.82, 2.24) is 19.3 Å². The molecule has 12 heteroatoms. The van der Waals surface area contributed by atoms with Crippen LogP contribution in [-0.2, 0) is 17.7 Å². The zero-order chi connectivity index (χ0) is 20.6. The molecule has 0 unspecified atom stereocenters. The van der Waals surface area contributed by atoms with E-state index in [-0.39, 0.29) is 17.9 Å². The van der Waals surface area contributed by atoms with Crippen LogP contribution in [-0.4, -0.2) is 41.9 Å². The summed E-state index contributed by atoms with van der Waals surface area (Å²) in [6, 6.07) is 0.279. The first kappa shape index (κ1) is 19.7. The largest absolute Gasteiger partial charge is 0.424 e. The van der Waals surface area contributed by atoms with Crippen molar-refractivity contribution in [3.63, 3.8) is 0 Å². The molecule has 0 aliphatic carbocycles. The number of aromatic nitrogens is 4. The quantitative estimate of drug-likeness (QED) is 0.763. The van der Waals surface area contributed by atoms with E-state index in [1.54, 1.807) is 0 Å². The molecule has 2 N–H and O–H groups in total. The molecule has 0 fully saturated rings. The lowest BCUT2D eigenvalue weighted by atomic mass is 10.0. The van der Waals surface area contributed by atoms with Crippen molar-refractivity contribution >= 4 is 0 Å². The van der Waals surface area contributed by atoms with Crippen LogP contribution in [0.15, 0.2) is 12.3 Å². The van der Waals surface area contributed by atoms with Crippen molar-refractivity contribution < 1.29 is 36.6 Å². The fraction of sp³-hybridized carbons (Fsp3) is 0.600. The summed E-state index contributed by atoms with van der Waals surface area (Å²) >= 11 is 0. The molecule has 0 saturated heterocycles. The molecule has 150 valence electrons. The van der Waals surface area contributed by atoms with Gasteiger partial charge in [0.25, 0.3) is 0 Å². The van der Waals surface area contributed by atoms with Gasteiger partial charge in [-0.2, -0.15) is 31.4 Å². The van der Waals surface area contributed by atoms with Crippen LogP contribution in [0.4, 0.5) is 26.3 Å². The summed E-state index contributed by atoms with van der Waals surface area (Å²) < 4.78 is 81.1. The molecule has 0 bridgehead atoms. The van der Waals surface area contributed by atoms with Crippen LogP contribution in [0.5, 0.6) is 0 Å². The van der Waals surface area contributed by atoms with Crippen molar-refractivity contribution in [3.8, 4) is 11.4 Å². The Morgan fingerprint density at radius 2 is 1.56 bits per heavy atom. The molecule has 1 aliphatic rings. The van der Waals surface area contributed by atoms with Gasteiger partial charge in [0.15, 0.2) is 5.82 Å². The Morgan fingerprint density at radius 1 is 1.00 bits per heavy atom. The molecule has 0 spiro atoms. The Labute approximate surface area is 149 Å². The molecule has 3 heterocycles. The van der Waals surface area contributed by atoms with E-state index in [1.165, 1.54) is 11.6 Å². The molecule has 0 amide bonds. The molecule has 2 aromatic rings. The highest BCUT2D eigenvalue weighted by Crippen LogP contribution is 2.44. The van der Waals surface area contributed by atoms with Crippen molar-refractivity contribution in [3.05, 3.63) is 23.8 Å². The molecule has 2 aromatic heterocycles. The number of aliphatic hydroxyl groups is 2. The summed E-state index contributed by atoms with van der Waals surface area (Å²) in [5, 5.41) is 23.5. The van der Waals surface area contributed by atoms with Crippen molar-refractivity contribution in [2.45, 2.75) is 56.9 Å². The maximum absolute atomic E-state index is 13.2. The fourth-order valence-corrected chi connectivity index (χ4v) is 2.96. The topological polar surface area (TPSA) is 76.1 Å². The van der Waals surface area contributed by atoms with Crippen LogP contribution in [0, 0.1) is 0 Å². The Kier molecular flexibility index (Phi) is 3.99. The predicted molar refractivity (Wildman–Crippen MR) is 79.4 cm³/mol. The van der Waals surface area contributed by atoms with Gasteiger partial charge in [0, 0.05) is 0 Å². The summed E-state index contributed by atoms with van der Waals surface area (Å²) in [5.41, 5.74) is -7.04. The third-order valence-electron chi connectivity index (χ3n) is 4.76. The lowest BCUT2D eigenvalue weighted by molar-refractivity contribution is -0.262. The third-order valence-corrected chi connectivity index (χ3v) is 4.76. The van der Waals surface area contributed by atoms with Gasteiger partial charge in [0.05, 0.1) is 30.2 Å². The predicted octanol–water partition coefficient (Wildman–Crippen LogP) is 2.86. The molecular weight excluding hydrogens is 382 g/mol. The lowest BCUT2D eigenvalue weighted by Gasteiger charge is -2.31. The summed E-state index contributed by atoms with van der Waals surface area (Å²) in [4.78, 5) is 3.67. The smallest absolute Gasteiger partial charge is 0.375 e. The number of rotatable bonds is 2. The van der Waals surface area contributed by atoms with E-state index < -0.39 is 41.1 Å². The van der Waals surface area contributed by atoms with E-state index in [0.717, 1.165) is 16.8 Å². The molecule has 1 aliphatic heterocycles. The summed E-state index contributed by atoms with van der Waals surface area (Å²) in [6.45, 7) is 2.56. The molecule has 0 saturated carbocycles. The monoisotopic (exact) mass is 398 g/mol. The van der Waals surface area contributed by atoms with Gasteiger partial charge in [-0.1, -0.05) is 0 Å². The van der Waals surface area contributed by atoms with E-state index in [4.69, 9.17) is 0 Å². The average Bonchev–Trinajstić information content (AvgIpc) is 3.08. The molecule has 3 atom stereocenters. The first-order valence-corrected chi connectivity index (χ1v) is 7.83. The zero-order valence-electron chi connectivity index (χ0n) is 14.4. The van der Waals surface area contributed by atoms with Crippen LogP contribution in [0.25, 0.3) is 11.4 Å². The minimum atomic E-state index is -5.00. The Morgan fingerprint density at radius 3 is 2.07 bits per heavy atom. The second-order valence-electron chi connectivity index (χ2n) is 6.92. The average molecular weight is 398 g/mol. The van der Waals surface area contributed by atoms with Gasteiger partial charge in [-0.25, -0.2) is 4.98 Å². The number of hydrogen-bond donors (Lipinski definition) is 2. The van der Waals surface area contributed by atoms with Gasteiger partial charge in [-0.15, -0.1) is 0 Å². The van der Waals surface area contributed by atoms with Gasteiger partial charge in [-0.3, -0.25) is 4.68 Å². The highest BCUT2D eigenvalue weighted by atomic mass is 19.4. The van der Waals surface area contributed by atoms with E-state index in [1.807, 2.05) is 0 Å². The molecular formula is C15H16F6N4O2. The van der Waals surface area contributed by atoms with E-state index in [2.05, 4.69) is 10.1 Å². The SMILES string of the molecule is C[C@H]1Cn2nc([C@@](C)(O)C(F)(F)F)cc2-c2cnc([C@@](C)(O)C(F)(F)F)n21. The van der Waals surface area contributed by atoms with E-state index in [0.29, 0.717) is 13.8 Å². The van der Waals surface area contributed by atoms with Crippen LogP contribution >= 0.6 is 0 Å². The lowest BCUT2D eigenvalue weighted by Crippen LogP contribution is -2.42. The Bertz CT molecular complexity index is 878. The molecule has 6 nitrogen and oxygen atoms in total. The van der Waals surface area contributed by atoms with E-state index >= 15 is 0 Å². The number of fused-ring (bicyclic) bond motifs is 3. The fourth-order valence-electron chi connectivity index (χ4n) is 2.96. The van der Waals surface area contributed by atoms with Crippen LogP contribution in [0.3, 0.4) is 0 Å². The molecule has 0 aromatic carbocycles.